The van der Waals surface area contributed by atoms with Crippen LogP contribution in [0.1, 0.15) is 29.3 Å². The highest BCUT2D eigenvalue weighted by Gasteiger charge is 2.38. The van der Waals surface area contributed by atoms with Gasteiger partial charge in [0.25, 0.3) is 11.8 Å². The molecule has 0 spiro atoms. The van der Waals surface area contributed by atoms with Crippen LogP contribution >= 0.6 is 0 Å². The summed E-state index contributed by atoms with van der Waals surface area (Å²) in [5.74, 6) is -0.168. The predicted molar refractivity (Wildman–Crippen MR) is 82.9 cm³/mol. The third kappa shape index (κ3) is 3.21. The number of hydrogen-bond donors (Lipinski definition) is 0. The zero-order valence-corrected chi connectivity index (χ0v) is 13.2. The molecular weight excluding hydrogens is 296 g/mol. The Morgan fingerprint density at radius 1 is 1.22 bits per heavy atom. The SMILES string of the molecule is CCCc1ccc(C(=O)N2CC(CN3C(=O)COC3=O)C2)cc1. The second-order valence-corrected chi connectivity index (χ2v) is 6.08. The van der Waals surface area contributed by atoms with Gasteiger partial charge in [0.2, 0.25) is 0 Å². The number of ether oxygens (including phenoxy) is 1. The highest BCUT2D eigenvalue weighted by atomic mass is 16.6. The minimum absolute atomic E-state index is 0.000349. The normalized spacial score (nSPS) is 18.1. The third-order valence-electron chi connectivity index (χ3n) is 4.27. The molecule has 6 heteroatoms. The van der Waals surface area contributed by atoms with E-state index in [9.17, 15) is 14.4 Å². The van der Waals surface area contributed by atoms with Crippen LogP contribution in [0.25, 0.3) is 0 Å². The summed E-state index contributed by atoms with van der Waals surface area (Å²) in [5.41, 5.74) is 1.91. The van der Waals surface area contributed by atoms with Crippen molar-refractivity contribution in [3.63, 3.8) is 0 Å². The Morgan fingerprint density at radius 2 is 1.91 bits per heavy atom. The fraction of sp³-hybridized carbons (Fsp3) is 0.471. The molecule has 2 aliphatic rings. The Hall–Kier alpha value is -2.37. The maximum absolute atomic E-state index is 12.4. The van der Waals surface area contributed by atoms with Crippen LogP contribution < -0.4 is 0 Å². The molecule has 2 aliphatic heterocycles. The first-order valence-corrected chi connectivity index (χ1v) is 7.94. The Morgan fingerprint density at radius 3 is 2.48 bits per heavy atom. The predicted octanol–water partition coefficient (Wildman–Crippen LogP) is 1.69. The first-order chi connectivity index (χ1) is 11.1. The first kappa shape index (κ1) is 15.5. The molecule has 122 valence electrons. The van der Waals surface area contributed by atoms with E-state index in [4.69, 9.17) is 0 Å². The lowest BCUT2D eigenvalue weighted by molar-refractivity contribution is -0.126. The Balaban J connectivity index is 1.51. The number of hydrogen-bond acceptors (Lipinski definition) is 4. The Labute approximate surface area is 135 Å². The molecule has 1 aromatic carbocycles. The summed E-state index contributed by atoms with van der Waals surface area (Å²) >= 11 is 0. The summed E-state index contributed by atoms with van der Waals surface area (Å²) in [6.07, 6.45) is 1.52. The molecule has 0 aliphatic carbocycles. The smallest absolute Gasteiger partial charge is 0.417 e. The number of aryl methyl sites for hydroxylation is 1. The van der Waals surface area contributed by atoms with Gasteiger partial charge < -0.3 is 9.64 Å². The lowest BCUT2D eigenvalue weighted by atomic mass is 9.97. The average molecular weight is 316 g/mol. The van der Waals surface area contributed by atoms with E-state index in [2.05, 4.69) is 11.7 Å². The van der Waals surface area contributed by atoms with Gasteiger partial charge in [-0.25, -0.2) is 9.69 Å². The summed E-state index contributed by atoms with van der Waals surface area (Å²) in [6.45, 7) is 3.41. The van der Waals surface area contributed by atoms with Gasteiger partial charge in [-0.3, -0.25) is 9.59 Å². The second-order valence-electron chi connectivity index (χ2n) is 6.08. The molecule has 0 atom stereocenters. The fourth-order valence-corrected chi connectivity index (χ4v) is 2.95. The number of cyclic esters (lactones) is 1. The van der Waals surface area contributed by atoms with E-state index in [0.717, 1.165) is 17.7 Å². The fourth-order valence-electron chi connectivity index (χ4n) is 2.95. The Bertz CT molecular complexity index is 604. The molecule has 6 nitrogen and oxygen atoms in total. The number of amides is 3. The molecule has 2 fully saturated rings. The van der Waals surface area contributed by atoms with E-state index in [1.54, 1.807) is 4.90 Å². The zero-order chi connectivity index (χ0) is 16.4. The number of rotatable bonds is 5. The van der Waals surface area contributed by atoms with E-state index in [0.29, 0.717) is 25.2 Å². The summed E-state index contributed by atoms with van der Waals surface area (Å²) in [5, 5.41) is 0. The zero-order valence-electron chi connectivity index (χ0n) is 13.2. The number of carbonyl (C=O) groups excluding carboxylic acids is 3. The van der Waals surface area contributed by atoms with Crippen LogP contribution in [0.15, 0.2) is 24.3 Å². The maximum Gasteiger partial charge on any atom is 0.417 e. The van der Waals surface area contributed by atoms with Crippen molar-refractivity contribution >= 4 is 17.9 Å². The van der Waals surface area contributed by atoms with Gasteiger partial charge in [0.05, 0.1) is 0 Å². The monoisotopic (exact) mass is 316 g/mol. The van der Waals surface area contributed by atoms with Gasteiger partial charge in [0.15, 0.2) is 6.61 Å². The van der Waals surface area contributed by atoms with Gasteiger partial charge in [-0.1, -0.05) is 25.5 Å². The molecule has 3 amide bonds. The highest BCUT2D eigenvalue weighted by Crippen LogP contribution is 2.21. The molecule has 23 heavy (non-hydrogen) atoms. The van der Waals surface area contributed by atoms with Crippen LogP contribution in [0.4, 0.5) is 4.79 Å². The molecule has 0 saturated carbocycles. The summed E-state index contributed by atoms with van der Waals surface area (Å²) in [6, 6.07) is 7.71. The minimum atomic E-state index is -0.578. The second kappa shape index (κ2) is 6.40. The van der Waals surface area contributed by atoms with Crippen molar-refractivity contribution < 1.29 is 19.1 Å². The molecule has 0 aromatic heterocycles. The summed E-state index contributed by atoms with van der Waals surface area (Å²) in [4.78, 5) is 38.1. The van der Waals surface area contributed by atoms with E-state index in [1.165, 1.54) is 5.56 Å². The molecule has 2 heterocycles. The van der Waals surface area contributed by atoms with Crippen LogP contribution in [0.5, 0.6) is 0 Å². The topological polar surface area (TPSA) is 66.9 Å². The van der Waals surface area contributed by atoms with Crippen LogP contribution in [0.3, 0.4) is 0 Å². The molecular formula is C17H20N2O4. The molecule has 2 saturated heterocycles. The van der Waals surface area contributed by atoms with E-state index in [1.807, 2.05) is 24.3 Å². The van der Waals surface area contributed by atoms with Crippen molar-refractivity contribution in [2.24, 2.45) is 5.92 Å². The highest BCUT2D eigenvalue weighted by molar-refractivity contribution is 5.98. The first-order valence-electron chi connectivity index (χ1n) is 7.94. The van der Waals surface area contributed by atoms with Gasteiger partial charge >= 0.3 is 6.09 Å². The van der Waals surface area contributed by atoms with Crippen molar-refractivity contribution in [2.75, 3.05) is 26.2 Å². The molecule has 0 N–H and O–H groups in total. The minimum Gasteiger partial charge on any atom is -0.439 e. The van der Waals surface area contributed by atoms with Crippen molar-refractivity contribution in [1.29, 1.82) is 0 Å². The number of likely N-dealkylation sites (tertiary alicyclic amines) is 1. The Kier molecular flexibility index (Phi) is 4.32. The van der Waals surface area contributed by atoms with Crippen LogP contribution in [0, 0.1) is 5.92 Å². The standard InChI is InChI=1S/C17H20N2O4/c1-2-3-12-4-6-14(7-5-12)16(21)18-8-13(9-18)10-19-15(20)11-23-17(19)22/h4-7,13H,2-3,8-11H2,1H3. The maximum atomic E-state index is 12.4. The summed E-state index contributed by atoms with van der Waals surface area (Å²) < 4.78 is 4.68. The van der Waals surface area contributed by atoms with E-state index < -0.39 is 6.09 Å². The van der Waals surface area contributed by atoms with Crippen LogP contribution in [0.2, 0.25) is 0 Å². The van der Waals surface area contributed by atoms with Gasteiger partial charge in [-0.2, -0.15) is 0 Å². The van der Waals surface area contributed by atoms with Crippen LogP contribution in [-0.4, -0.2) is 53.9 Å². The molecule has 0 bridgehead atoms. The van der Waals surface area contributed by atoms with Gasteiger partial charge in [0, 0.05) is 31.1 Å². The quantitative estimate of drug-likeness (QED) is 0.829. The molecule has 1 aromatic rings. The lowest BCUT2D eigenvalue weighted by Crippen LogP contribution is -2.54. The van der Waals surface area contributed by atoms with Crippen LogP contribution in [-0.2, 0) is 16.0 Å². The average Bonchev–Trinajstić information content (AvgIpc) is 2.82. The molecule has 0 radical (unpaired) electrons. The number of benzene rings is 1. The lowest BCUT2D eigenvalue weighted by Gasteiger charge is -2.40. The number of imide groups is 1. The van der Waals surface area contributed by atoms with Crippen molar-refractivity contribution in [2.45, 2.75) is 19.8 Å². The van der Waals surface area contributed by atoms with Gasteiger partial charge in [-0.15, -0.1) is 0 Å². The van der Waals surface area contributed by atoms with Crippen molar-refractivity contribution in [3.05, 3.63) is 35.4 Å². The number of carbonyl (C=O) groups is 3. The van der Waals surface area contributed by atoms with Gasteiger partial charge in [-0.05, 0) is 24.1 Å². The number of nitrogens with zero attached hydrogens (tertiary/aromatic N) is 2. The summed E-state index contributed by atoms with van der Waals surface area (Å²) in [7, 11) is 0. The molecule has 0 unspecified atom stereocenters. The largest absolute Gasteiger partial charge is 0.439 e. The van der Waals surface area contributed by atoms with Crippen molar-refractivity contribution in [1.82, 2.24) is 9.80 Å². The molecule has 3 rings (SSSR count). The van der Waals surface area contributed by atoms with E-state index >= 15 is 0 Å². The van der Waals surface area contributed by atoms with E-state index in [-0.39, 0.29) is 24.3 Å². The van der Waals surface area contributed by atoms with Gasteiger partial charge in [0.1, 0.15) is 0 Å². The van der Waals surface area contributed by atoms with Crippen molar-refractivity contribution in [3.8, 4) is 0 Å². The third-order valence-corrected chi connectivity index (χ3v) is 4.27.